The molecular weight excluding hydrogens is 327 g/mol. The summed E-state index contributed by atoms with van der Waals surface area (Å²) in [6.45, 7) is 0. The first kappa shape index (κ1) is 15.6. The third-order valence-electron chi connectivity index (χ3n) is 4.99. The number of carbonyl (C=O) groups excluding carboxylic acids is 1. The first-order chi connectivity index (χ1) is 11.7. The number of benzene rings is 1. The Balaban J connectivity index is 1.38. The number of aromatic nitrogens is 3. The predicted molar refractivity (Wildman–Crippen MR) is 89.1 cm³/mol. The molecule has 2 atom stereocenters. The summed E-state index contributed by atoms with van der Waals surface area (Å²) >= 11 is 1.48. The van der Waals surface area contributed by atoms with Crippen molar-refractivity contribution in [2.45, 2.75) is 48.7 Å². The van der Waals surface area contributed by atoms with E-state index in [0.717, 1.165) is 30.6 Å². The Labute approximate surface area is 144 Å². The Bertz CT molecular complexity index is 692. The van der Waals surface area contributed by atoms with Gasteiger partial charge in [0, 0.05) is 23.2 Å². The van der Waals surface area contributed by atoms with E-state index in [0.29, 0.717) is 23.9 Å². The molecule has 2 aliphatic heterocycles. The molecule has 24 heavy (non-hydrogen) atoms. The van der Waals surface area contributed by atoms with Gasteiger partial charge in [-0.2, -0.15) is 0 Å². The molecule has 126 valence electrons. The maximum Gasteiger partial charge on any atom is 0.233 e. The summed E-state index contributed by atoms with van der Waals surface area (Å²) in [6, 6.07) is 7.26. The van der Waals surface area contributed by atoms with E-state index in [-0.39, 0.29) is 11.7 Å². The van der Waals surface area contributed by atoms with Crippen LogP contribution in [0, 0.1) is 5.82 Å². The molecule has 2 unspecified atom stereocenters. The molecule has 2 bridgehead atoms. The van der Waals surface area contributed by atoms with Gasteiger partial charge in [0.05, 0.1) is 18.0 Å². The average molecular weight is 346 g/mol. The number of hydrogen-bond donors (Lipinski definition) is 0. The number of amides is 1. The van der Waals surface area contributed by atoms with Crippen LogP contribution < -0.4 is 0 Å². The van der Waals surface area contributed by atoms with Crippen molar-refractivity contribution in [1.29, 1.82) is 0 Å². The van der Waals surface area contributed by atoms with Crippen LogP contribution in [0.5, 0.6) is 0 Å². The number of piperidine rings is 1. The summed E-state index contributed by atoms with van der Waals surface area (Å²) in [7, 11) is 0. The fourth-order valence-corrected chi connectivity index (χ4v) is 4.70. The van der Waals surface area contributed by atoms with E-state index >= 15 is 0 Å². The van der Waals surface area contributed by atoms with E-state index in [4.69, 9.17) is 0 Å². The highest BCUT2D eigenvalue weighted by Gasteiger charge is 2.43. The molecule has 5 nitrogen and oxygen atoms in total. The SMILES string of the molecule is O=C(CSc1ccc(F)cc1)N1C2CCC1CC(n1ccnn1)C2. The van der Waals surface area contributed by atoms with Gasteiger partial charge in [0.2, 0.25) is 5.91 Å². The second-order valence-electron chi connectivity index (χ2n) is 6.44. The molecule has 3 heterocycles. The minimum absolute atomic E-state index is 0.189. The number of hydrogen-bond acceptors (Lipinski definition) is 4. The first-order valence-electron chi connectivity index (χ1n) is 8.26. The highest BCUT2D eigenvalue weighted by atomic mass is 32.2. The monoisotopic (exact) mass is 346 g/mol. The quantitative estimate of drug-likeness (QED) is 0.799. The summed E-state index contributed by atoms with van der Waals surface area (Å²) in [6.07, 6.45) is 7.66. The lowest BCUT2D eigenvalue weighted by atomic mass is 9.97. The van der Waals surface area contributed by atoms with Gasteiger partial charge in [-0.3, -0.25) is 4.79 Å². The van der Waals surface area contributed by atoms with Gasteiger partial charge >= 0.3 is 0 Å². The van der Waals surface area contributed by atoms with Gasteiger partial charge in [-0.1, -0.05) is 5.21 Å². The highest BCUT2D eigenvalue weighted by molar-refractivity contribution is 8.00. The lowest BCUT2D eigenvalue weighted by Crippen LogP contribution is -2.47. The molecule has 1 amide bonds. The minimum Gasteiger partial charge on any atom is -0.336 e. The minimum atomic E-state index is -0.251. The van der Waals surface area contributed by atoms with Crippen LogP contribution in [-0.2, 0) is 4.79 Å². The van der Waals surface area contributed by atoms with Crippen molar-refractivity contribution in [1.82, 2.24) is 19.9 Å². The normalized spacial score (nSPS) is 25.9. The summed E-state index contributed by atoms with van der Waals surface area (Å²) in [5.74, 6) is 0.347. The zero-order chi connectivity index (χ0) is 16.5. The van der Waals surface area contributed by atoms with Crippen LogP contribution in [0.1, 0.15) is 31.7 Å². The van der Waals surface area contributed by atoms with Crippen LogP contribution in [0.4, 0.5) is 4.39 Å². The average Bonchev–Trinajstić information content (AvgIpc) is 3.21. The molecule has 0 saturated carbocycles. The maximum atomic E-state index is 12.9. The standard InChI is InChI=1S/C17H19FN4OS/c18-12-1-5-16(6-2-12)24-11-17(23)22-13-3-4-14(22)10-15(9-13)21-8-7-19-20-21/h1-2,5-8,13-15H,3-4,9-11H2. The topological polar surface area (TPSA) is 51.0 Å². The molecule has 1 aromatic carbocycles. The lowest BCUT2D eigenvalue weighted by Gasteiger charge is -2.38. The molecule has 2 fully saturated rings. The Morgan fingerprint density at radius 3 is 2.50 bits per heavy atom. The van der Waals surface area contributed by atoms with Crippen molar-refractivity contribution < 1.29 is 9.18 Å². The van der Waals surface area contributed by atoms with Crippen molar-refractivity contribution in [3.05, 3.63) is 42.5 Å². The van der Waals surface area contributed by atoms with Crippen LogP contribution in [0.15, 0.2) is 41.6 Å². The molecule has 0 radical (unpaired) electrons. The van der Waals surface area contributed by atoms with Gasteiger partial charge in [-0.15, -0.1) is 16.9 Å². The van der Waals surface area contributed by atoms with E-state index in [1.54, 1.807) is 18.3 Å². The van der Waals surface area contributed by atoms with E-state index in [1.807, 2.05) is 10.9 Å². The second-order valence-corrected chi connectivity index (χ2v) is 7.49. The van der Waals surface area contributed by atoms with Gasteiger partial charge in [-0.25, -0.2) is 9.07 Å². The highest BCUT2D eigenvalue weighted by Crippen LogP contribution is 2.40. The van der Waals surface area contributed by atoms with Gasteiger partial charge < -0.3 is 4.90 Å². The Kier molecular flexibility index (Phi) is 4.26. The third kappa shape index (κ3) is 3.05. The van der Waals surface area contributed by atoms with Crippen LogP contribution in [0.25, 0.3) is 0 Å². The summed E-state index contributed by atoms with van der Waals surface area (Å²) < 4.78 is 14.9. The fourth-order valence-electron chi connectivity index (χ4n) is 3.93. The Hall–Kier alpha value is -1.89. The van der Waals surface area contributed by atoms with Gasteiger partial charge in [0.15, 0.2) is 0 Å². The summed E-state index contributed by atoms with van der Waals surface area (Å²) in [5, 5.41) is 8.01. The van der Waals surface area contributed by atoms with Gasteiger partial charge in [-0.05, 0) is 49.9 Å². The molecule has 2 aliphatic rings. The van der Waals surface area contributed by atoms with Crippen molar-refractivity contribution in [3.63, 3.8) is 0 Å². The summed E-state index contributed by atoms with van der Waals surface area (Å²) in [4.78, 5) is 15.7. The van der Waals surface area contributed by atoms with Gasteiger partial charge in [0.1, 0.15) is 5.82 Å². The van der Waals surface area contributed by atoms with Crippen molar-refractivity contribution >= 4 is 17.7 Å². The number of thioether (sulfide) groups is 1. The lowest BCUT2D eigenvalue weighted by molar-refractivity contribution is -0.133. The second kappa shape index (κ2) is 6.55. The van der Waals surface area contributed by atoms with Crippen LogP contribution in [0.2, 0.25) is 0 Å². The van der Waals surface area contributed by atoms with E-state index in [9.17, 15) is 9.18 Å². The van der Waals surface area contributed by atoms with Crippen molar-refractivity contribution in [2.24, 2.45) is 0 Å². The zero-order valence-corrected chi connectivity index (χ0v) is 14.0. The van der Waals surface area contributed by atoms with Crippen LogP contribution in [-0.4, -0.2) is 43.6 Å². The van der Waals surface area contributed by atoms with Crippen molar-refractivity contribution in [3.8, 4) is 0 Å². The largest absolute Gasteiger partial charge is 0.336 e. The van der Waals surface area contributed by atoms with E-state index in [2.05, 4.69) is 15.2 Å². The van der Waals surface area contributed by atoms with E-state index < -0.39 is 0 Å². The number of nitrogens with zero attached hydrogens (tertiary/aromatic N) is 4. The Morgan fingerprint density at radius 2 is 1.88 bits per heavy atom. The molecular formula is C17H19FN4OS. The predicted octanol–water partition coefficient (Wildman–Crippen LogP) is 2.90. The molecule has 1 aromatic heterocycles. The molecule has 2 aromatic rings. The number of rotatable bonds is 4. The van der Waals surface area contributed by atoms with Crippen LogP contribution in [0.3, 0.4) is 0 Å². The van der Waals surface area contributed by atoms with Crippen LogP contribution >= 0.6 is 11.8 Å². The smallest absolute Gasteiger partial charge is 0.233 e. The molecule has 2 saturated heterocycles. The molecule has 4 rings (SSSR count). The maximum absolute atomic E-state index is 12.9. The third-order valence-corrected chi connectivity index (χ3v) is 5.98. The molecule has 0 spiro atoms. The van der Waals surface area contributed by atoms with E-state index in [1.165, 1.54) is 23.9 Å². The molecule has 0 aliphatic carbocycles. The number of carbonyl (C=O) groups is 1. The molecule has 7 heteroatoms. The number of fused-ring (bicyclic) bond motifs is 2. The Morgan fingerprint density at radius 1 is 1.17 bits per heavy atom. The number of halogens is 1. The summed E-state index contributed by atoms with van der Waals surface area (Å²) in [5.41, 5.74) is 0. The van der Waals surface area contributed by atoms with Crippen molar-refractivity contribution in [2.75, 3.05) is 5.75 Å². The zero-order valence-electron chi connectivity index (χ0n) is 13.2. The first-order valence-corrected chi connectivity index (χ1v) is 9.24. The van der Waals surface area contributed by atoms with Gasteiger partial charge in [0.25, 0.3) is 0 Å². The fraction of sp³-hybridized carbons (Fsp3) is 0.471. The molecule has 0 N–H and O–H groups in total.